The van der Waals surface area contributed by atoms with Gasteiger partial charge in [0.05, 0.1) is 21.3 Å². The Morgan fingerprint density at radius 3 is 2.55 bits per heavy atom. The molecule has 0 radical (unpaired) electrons. The topological polar surface area (TPSA) is 95.8 Å². The van der Waals surface area contributed by atoms with E-state index in [9.17, 15) is 19.7 Å². The summed E-state index contributed by atoms with van der Waals surface area (Å²) in [5.41, 5.74) is 1.79. The molecular weight excluding hydrogens is 420 g/mol. The highest BCUT2D eigenvalue weighted by atomic mass is 35.5. The summed E-state index contributed by atoms with van der Waals surface area (Å²) >= 11 is 6.44. The Morgan fingerprint density at radius 2 is 1.87 bits per heavy atom. The Hall–Kier alpha value is -3.39. The molecule has 162 valence electrons. The van der Waals surface area contributed by atoms with Crippen LogP contribution in [0.2, 0.25) is 5.02 Å². The number of nitro groups is 1. The molecule has 3 rings (SSSR count). The predicted molar refractivity (Wildman–Crippen MR) is 121 cm³/mol. The van der Waals surface area contributed by atoms with Gasteiger partial charge in [0.1, 0.15) is 0 Å². The summed E-state index contributed by atoms with van der Waals surface area (Å²) in [6.07, 6.45) is 3.31. The van der Waals surface area contributed by atoms with Crippen LogP contribution in [0.3, 0.4) is 0 Å². The second kappa shape index (κ2) is 10.1. The number of rotatable bonds is 6. The van der Waals surface area contributed by atoms with Crippen molar-refractivity contribution in [2.24, 2.45) is 0 Å². The lowest BCUT2D eigenvalue weighted by Gasteiger charge is -2.37. The predicted octanol–water partition coefficient (Wildman–Crippen LogP) is 3.96. The molecule has 0 aliphatic carbocycles. The molecule has 0 atom stereocenters. The third-order valence-corrected chi connectivity index (χ3v) is 5.31. The van der Waals surface area contributed by atoms with E-state index in [2.05, 4.69) is 10.2 Å². The van der Waals surface area contributed by atoms with E-state index in [0.29, 0.717) is 54.6 Å². The van der Waals surface area contributed by atoms with E-state index in [1.807, 2.05) is 11.8 Å². The normalized spacial score (nSPS) is 14.0. The number of amides is 2. The molecule has 2 amide bonds. The van der Waals surface area contributed by atoms with Gasteiger partial charge in [0, 0.05) is 50.8 Å². The highest BCUT2D eigenvalue weighted by Gasteiger charge is 2.23. The first-order valence-electron chi connectivity index (χ1n) is 9.93. The number of hydrogen-bond donors (Lipinski definition) is 1. The average molecular weight is 443 g/mol. The van der Waals surface area contributed by atoms with Crippen LogP contribution in [0, 0.1) is 10.1 Å². The molecule has 1 heterocycles. The van der Waals surface area contributed by atoms with Crippen LogP contribution in [-0.2, 0) is 9.59 Å². The van der Waals surface area contributed by atoms with Crippen LogP contribution in [0.4, 0.5) is 17.1 Å². The van der Waals surface area contributed by atoms with E-state index in [1.165, 1.54) is 24.3 Å². The molecule has 1 aliphatic rings. The molecule has 2 aromatic rings. The number of hydrogen-bond acceptors (Lipinski definition) is 5. The van der Waals surface area contributed by atoms with Gasteiger partial charge in [0.15, 0.2) is 0 Å². The molecule has 1 saturated heterocycles. The van der Waals surface area contributed by atoms with Crippen molar-refractivity contribution < 1.29 is 14.5 Å². The maximum absolute atomic E-state index is 12.5. The minimum absolute atomic E-state index is 0.0413. The molecule has 0 spiro atoms. The van der Waals surface area contributed by atoms with Gasteiger partial charge < -0.3 is 15.1 Å². The van der Waals surface area contributed by atoms with Gasteiger partial charge in [-0.25, -0.2) is 0 Å². The Kier molecular flexibility index (Phi) is 7.25. The molecule has 9 heteroatoms. The van der Waals surface area contributed by atoms with E-state index in [-0.39, 0.29) is 17.5 Å². The minimum atomic E-state index is -0.483. The first-order chi connectivity index (χ1) is 14.9. The van der Waals surface area contributed by atoms with Gasteiger partial charge in [0.2, 0.25) is 11.8 Å². The van der Waals surface area contributed by atoms with Gasteiger partial charge in [-0.15, -0.1) is 0 Å². The van der Waals surface area contributed by atoms with Gasteiger partial charge in [-0.05, 0) is 23.8 Å². The highest BCUT2D eigenvalue weighted by molar-refractivity contribution is 6.34. The van der Waals surface area contributed by atoms with E-state index < -0.39 is 4.92 Å². The maximum Gasteiger partial charge on any atom is 0.270 e. The van der Waals surface area contributed by atoms with Crippen LogP contribution in [-0.4, -0.2) is 47.8 Å². The molecular formula is C22H23ClN4O4. The van der Waals surface area contributed by atoms with Crippen molar-refractivity contribution in [2.75, 3.05) is 36.4 Å². The number of carbonyl (C=O) groups is 2. The average Bonchev–Trinajstić information content (AvgIpc) is 2.77. The van der Waals surface area contributed by atoms with Crippen molar-refractivity contribution in [1.82, 2.24) is 4.90 Å². The molecule has 0 aromatic heterocycles. The Bertz CT molecular complexity index is 1020. The summed E-state index contributed by atoms with van der Waals surface area (Å²) < 4.78 is 0. The lowest BCUT2D eigenvalue weighted by atomic mass is 10.2. The number of benzene rings is 2. The number of nitrogens with one attached hydrogen (secondary N) is 1. The van der Waals surface area contributed by atoms with Crippen molar-refractivity contribution in [3.8, 4) is 0 Å². The molecule has 1 N–H and O–H groups in total. The number of nitrogens with zero attached hydrogens (tertiary/aromatic N) is 3. The van der Waals surface area contributed by atoms with Crippen LogP contribution in [0.5, 0.6) is 0 Å². The lowest BCUT2D eigenvalue weighted by Crippen LogP contribution is -2.48. The van der Waals surface area contributed by atoms with Crippen LogP contribution in [0.15, 0.2) is 48.5 Å². The van der Waals surface area contributed by atoms with Crippen LogP contribution >= 0.6 is 11.6 Å². The number of non-ortho nitro benzene ring substituents is 1. The zero-order chi connectivity index (χ0) is 22.4. The van der Waals surface area contributed by atoms with Gasteiger partial charge in [0.25, 0.3) is 5.69 Å². The zero-order valence-corrected chi connectivity index (χ0v) is 17.8. The number of para-hydroxylation sites is 1. The smallest absolute Gasteiger partial charge is 0.270 e. The second-order valence-corrected chi connectivity index (χ2v) is 7.44. The lowest BCUT2D eigenvalue weighted by molar-refractivity contribution is -0.384. The number of carbonyl (C=O) groups excluding carboxylic acids is 2. The summed E-state index contributed by atoms with van der Waals surface area (Å²) in [6, 6.07) is 11.3. The Labute approximate surface area is 185 Å². The molecule has 1 fully saturated rings. The van der Waals surface area contributed by atoms with Crippen LogP contribution in [0.25, 0.3) is 6.08 Å². The summed E-state index contributed by atoms with van der Waals surface area (Å²) in [6.45, 7) is 4.26. The highest BCUT2D eigenvalue weighted by Crippen LogP contribution is 2.34. The van der Waals surface area contributed by atoms with E-state index in [4.69, 9.17) is 11.6 Å². The third-order valence-electron chi connectivity index (χ3n) is 5.00. The first-order valence-corrected chi connectivity index (χ1v) is 10.3. The van der Waals surface area contributed by atoms with E-state index in [0.717, 1.165) is 0 Å². The standard InChI is InChI=1S/C22H23ClN4O4/c1-2-21(29)25-11-13-26(14-12-25)22-18(23)7-4-8-19(22)24-20(28)10-9-16-5-3-6-17(15-16)27(30)31/h3-10,15H,2,11-14H2,1H3,(H,24,28)/b10-9+. The Morgan fingerprint density at radius 1 is 1.16 bits per heavy atom. The number of nitro benzene ring substituents is 1. The van der Waals surface area contributed by atoms with Gasteiger partial charge >= 0.3 is 0 Å². The quantitative estimate of drug-likeness (QED) is 0.415. The Balaban J connectivity index is 1.72. The molecule has 2 aromatic carbocycles. The van der Waals surface area contributed by atoms with Gasteiger partial charge in [-0.3, -0.25) is 19.7 Å². The summed E-state index contributed by atoms with van der Waals surface area (Å²) in [7, 11) is 0. The number of halogens is 1. The largest absolute Gasteiger partial charge is 0.365 e. The molecule has 0 bridgehead atoms. The second-order valence-electron chi connectivity index (χ2n) is 7.03. The summed E-state index contributed by atoms with van der Waals surface area (Å²) in [5, 5.41) is 14.2. The fraction of sp³-hybridized carbons (Fsp3) is 0.273. The van der Waals surface area contributed by atoms with Gasteiger partial charge in [-0.2, -0.15) is 0 Å². The molecule has 0 saturated carbocycles. The SMILES string of the molecule is CCC(=O)N1CCN(c2c(Cl)cccc2NC(=O)/C=C/c2cccc([N+](=O)[O-])c2)CC1. The van der Waals surface area contributed by atoms with Crippen molar-refractivity contribution in [1.29, 1.82) is 0 Å². The van der Waals surface area contributed by atoms with Crippen LogP contribution < -0.4 is 10.2 Å². The fourth-order valence-corrected chi connectivity index (χ4v) is 3.72. The molecule has 8 nitrogen and oxygen atoms in total. The van der Waals surface area contributed by atoms with E-state index in [1.54, 1.807) is 30.3 Å². The zero-order valence-electron chi connectivity index (χ0n) is 17.1. The van der Waals surface area contributed by atoms with Crippen molar-refractivity contribution in [3.63, 3.8) is 0 Å². The van der Waals surface area contributed by atoms with Gasteiger partial charge in [-0.1, -0.05) is 36.7 Å². The summed E-state index contributed by atoms with van der Waals surface area (Å²) in [4.78, 5) is 38.7. The van der Waals surface area contributed by atoms with Crippen LogP contribution in [0.1, 0.15) is 18.9 Å². The summed E-state index contributed by atoms with van der Waals surface area (Å²) in [5.74, 6) is -0.256. The van der Waals surface area contributed by atoms with Crippen molar-refractivity contribution in [2.45, 2.75) is 13.3 Å². The first kappa shape index (κ1) is 22.3. The van der Waals surface area contributed by atoms with Crippen molar-refractivity contribution in [3.05, 3.63) is 69.2 Å². The molecule has 31 heavy (non-hydrogen) atoms. The van der Waals surface area contributed by atoms with Crippen molar-refractivity contribution >= 4 is 46.6 Å². The number of anilines is 2. The maximum atomic E-state index is 12.5. The molecule has 1 aliphatic heterocycles. The fourth-order valence-electron chi connectivity index (χ4n) is 3.43. The van der Waals surface area contributed by atoms with E-state index >= 15 is 0 Å². The molecule has 0 unspecified atom stereocenters. The monoisotopic (exact) mass is 442 g/mol. The minimum Gasteiger partial charge on any atom is -0.365 e. The third kappa shape index (κ3) is 5.61. The number of piperazine rings is 1.